The van der Waals surface area contributed by atoms with E-state index in [9.17, 15) is 14.4 Å². The Balaban J connectivity index is 1.28. The Morgan fingerprint density at radius 1 is 1.06 bits per heavy atom. The van der Waals surface area contributed by atoms with Crippen molar-refractivity contribution in [3.05, 3.63) is 71.4 Å². The van der Waals surface area contributed by atoms with Gasteiger partial charge >= 0.3 is 0 Å². The molecule has 0 unspecified atom stereocenters. The fourth-order valence-corrected chi connectivity index (χ4v) is 3.79. The number of carbonyl (C=O) groups is 3. The molecule has 0 radical (unpaired) electrons. The number of rotatable bonds is 7. The minimum atomic E-state index is -0.555. The summed E-state index contributed by atoms with van der Waals surface area (Å²) < 4.78 is 0. The van der Waals surface area contributed by atoms with Crippen LogP contribution in [0, 0.1) is 0 Å². The molecule has 156 valence electrons. The Bertz CT molecular complexity index is 1280. The summed E-state index contributed by atoms with van der Waals surface area (Å²) in [5, 5.41) is 9.72. The monoisotopic (exact) mass is 433 g/mol. The van der Waals surface area contributed by atoms with Crippen molar-refractivity contribution in [2.45, 2.75) is 6.42 Å². The normalized spacial score (nSPS) is 10.7. The van der Waals surface area contributed by atoms with Gasteiger partial charge in [-0.2, -0.15) is 0 Å². The molecule has 0 spiro atoms. The number of hydrogen-bond donors (Lipinski definition) is 4. The minimum absolute atomic E-state index is 0.115. The summed E-state index contributed by atoms with van der Waals surface area (Å²) in [6.45, 7) is 0.204. The predicted molar refractivity (Wildman–Crippen MR) is 120 cm³/mol. The molecule has 0 saturated heterocycles. The van der Waals surface area contributed by atoms with Gasteiger partial charge in [0.1, 0.15) is 5.69 Å². The molecule has 5 N–H and O–H groups in total. The number of aromatic nitrogens is 2. The number of nitrogens with one attached hydrogen (secondary N) is 3. The highest BCUT2D eigenvalue weighted by Gasteiger charge is 2.12. The molecule has 2 aromatic carbocycles. The van der Waals surface area contributed by atoms with E-state index < -0.39 is 5.91 Å². The van der Waals surface area contributed by atoms with Crippen molar-refractivity contribution in [1.82, 2.24) is 15.3 Å². The molecule has 8 nitrogen and oxygen atoms in total. The number of H-pyrrole nitrogens is 1. The number of primary amides is 1. The third-order valence-corrected chi connectivity index (χ3v) is 5.40. The molecule has 9 heteroatoms. The summed E-state index contributed by atoms with van der Waals surface area (Å²) in [5.74, 6) is -1.04. The topological polar surface area (TPSA) is 130 Å². The smallest absolute Gasteiger partial charge is 0.265 e. The molecule has 0 bridgehead atoms. The minimum Gasteiger partial charge on any atom is -0.364 e. The first-order chi connectivity index (χ1) is 15.0. The van der Waals surface area contributed by atoms with E-state index in [1.54, 1.807) is 23.7 Å². The number of anilines is 1. The number of nitrogens with two attached hydrogens (primary N) is 1. The summed E-state index contributed by atoms with van der Waals surface area (Å²) in [7, 11) is 0. The van der Waals surface area contributed by atoms with E-state index in [-0.39, 0.29) is 30.5 Å². The Labute approximate surface area is 181 Å². The van der Waals surface area contributed by atoms with Gasteiger partial charge in [0.25, 0.3) is 11.8 Å². The number of nitrogens with zero attached hydrogens (tertiary/aromatic N) is 1. The number of fused-ring (bicyclic) bond motifs is 1. The molecule has 4 rings (SSSR count). The summed E-state index contributed by atoms with van der Waals surface area (Å²) in [5.41, 5.74) is 7.39. The molecule has 0 aliphatic carbocycles. The van der Waals surface area contributed by atoms with Crippen molar-refractivity contribution >= 4 is 45.0 Å². The average Bonchev–Trinajstić information content (AvgIpc) is 3.43. The van der Waals surface area contributed by atoms with Crippen LogP contribution in [-0.2, 0) is 4.79 Å². The molecule has 0 aliphatic heterocycles. The second-order valence-corrected chi connectivity index (χ2v) is 7.68. The highest BCUT2D eigenvalue weighted by molar-refractivity contribution is 7.14. The second kappa shape index (κ2) is 8.80. The van der Waals surface area contributed by atoms with Crippen LogP contribution < -0.4 is 16.4 Å². The highest BCUT2D eigenvalue weighted by Crippen LogP contribution is 2.25. The van der Waals surface area contributed by atoms with E-state index in [2.05, 4.69) is 20.6 Å². The lowest BCUT2D eigenvalue weighted by Crippen LogP contribution is -2.27. The zero-order valence-electron chi connectivity index (χ0n) is 16.3. The number of aromatic amines is 1. The summed E-state index contributed by atoms with van der Waals surface area (Å²) in [6, 6.07) is 14.9. The molecule has 0 aliphatic rings. The molecule has 2 heterocycles. The lowest BCUT2D eigenvalue weighted by atomic mass is 10.1. The van der Waals surface area contributed by atoms with Crippen LogP contribution in [0.4, 0.5) is 5.13 Å². The number of hydrogen-bond acceptors (Lipinski definition) is 5. The molecular formula is C22H19N5O3S. The maximum Gasteiger partial charge on any atom is 0.265 e. The van der Waals surface area contributed by atoms with Crippen LogP contribution in [-0.4, -0.2) is 34.2 Å². The number of benzene rings is 2. The van der Waals surface area contributed by atoms with E-state index in [1.165, 1.54) is 11.3 Å². The Morgan fingerprint density at radius 3 is 2.65 bits per heavy atom. The lowest BCUT2D eigenvalue weighted by Gasteiger charge is -2.06. The van der Waals surface area contributed by atoms with E-state index >= 15 is 0 Å². The van der Waals surface area contributed by atoms with E-state index in [1.807, 2.05) is 36.4 Å². The number of amides is 3. The third-order valence-electron chi connectivity index (χ3n) is 4.64. The van der Waals surface area contributed by atoms with Crippen molar-refractivity contribution in [2.24, 2.45) is 5.73 Å². The summed E-state index contributed by atoms with van der Waals surface area (Å²) in [4.78, 5) is 42.8. The molecule has 0 atom stereocenters. The van der Waals surface area contributed by atoms with Gasteiger partial charge in [-0.15, -0.1) is 11.3 Å². The van der Waals surface area contributed by atoms with Crippen LogP contribution >= 0.6 is 11.3 Å². The second-order valence-electron chi connectivity index (χ2n) is 6.82. The Kier molecular flexibility index (Phi) is 5.76. The van der Waals surface area contributed by atoms with Crippen LogP contribution in [0.1, 0.15) is 27.3 Å². The molecular weight excluding hydrogens is 414 g/mol. The maximum absolute atomic E-state index is 12.3. The summed E-state index contributed by atoms with van der Waals surface area (Å²) in [6.07, 6.45) is 1.74. The van der Waals surface area contributed by atoms with Crippen molar-refractivity contribution in [3.8, 4) is 11.3 Å². The van der Waals surface area contributed by atoms with Crippen LogP contribution in [0.3, 0.4) is 0 Å². The third kappa shape index (κ3) is 4.78. The van der Waals surface area contributed by atoms with Gasteiger partial charge in [0.15, 0.2) is 5.13 Å². The lowest BCUT2D eigenvalue weighted by molar-refractivity contribution is -0.116. The quantitative estimate of drug-likeness (QED) is 0.357. The van der Waals surface area contributed by atoms with Crippen LogP contribution in [0.25, 0.3) is 22.0 Å². The van der Waals surface area contributed by atoms with Gasteiger partial charge in [-0.3, -0.25) is 14.4 Å². The maximum atomic E-state index is 12.3. The van der Waals surface area contributed by atoms with E-state index in [0.29, 0.717) is 22.0 Å². The van der Waals surface area contributed by atoms with E-state index in [4.69, 9.17) is 5.73 Å². The van der Waals surface area contributed by atoms with E-state index in [0.717, 1.165) is 10.8 Å². The fraction of sp³-hybridized carbons (Fsp3) is 0.0909. The van der Waals surface area contributed by atoms with Gasteiger partial charge in [0.2, 0.25) is 5.91 Å². The van der Waals surface area contributed by atoms with Gasteiger partial charge in [-0.1, -0.05) is 30.3 Å². The van der Waals surface area contributed by atoms with Crippen molar-refractivity contribution in [3.63, 3.8) is 0 Å². The molecule has 4 aromatic rings. The highest BCUT2D eigenvalue weighted by atomic mass is 32.1. The number of carbonyl (C=O) groups excluding carboxylic acids is 3. The van der Waals surface area contributed by atoms with Gasteiger partial charge in [0.05, 0.1) is 5.69 Å². The molecule has 2 aromatic heterocycles. The standard InChI is InChI=1S/C22H19N5O3S/c23-20(29)17-10-16(11-25-17)18-12-31-22(26-18)27-19(28)7-8-24-21(30)15-6-5-13-3-1-2-4-14(13)9-15/h1-6,9-12,25H,7-8H2,(H2,23,29)(H,24,30)(H,26,27,28). The summed E-state index contributed by atoms with van der Waals surface area (Å²) >= 11 is 1.27. The average molecular weight is 433 g/mol. The fourth-order valence-electron chi connectivity index (χ4n) is 3.05. The first-order valence-electron chi connectivity index (χ1n) is 9.50. The first-order valence-corrected chi connectivity index (χ1v) is 10.4. The van der Waals surface area contributed by atoms with Crippen molar-refractivity contribution < 1.29 is 14.4 Å². The van der Waals surface area contributed by atoms with Gasteiger partial charge < -0.3 is 21.4 Å². The SMILES string of the molecule is NC(=O)c1cc(-c2csc(NC(=O)CCNC(=O)c3ccc4ccccc4c3)n2)c[nH]1. The predicted octanol–water partition coefficient (Wildman–Crippen LogP) is 3.15. The van der Waals surface area contributed by atoms with Gasteiger partial charge in [0, 0.05) is 35.7 Å². The molecule has 0 saturated carbocycles. The largest absolute Gasteiger partial charge is 0.364 e. The van der Waals surface area contributed by atoms with Crippen LogP contribution in [0.2, 0.25) is 0 Å². The molecule has 0 fully saturated rings. The zero-order chi connectivity index (χ0) is 21.8. The first kappa shape index (κ1) is 20.3. The van der Waals surface area contributed by atoms with Crippen LogP contribution in [0.5, 0.6) is 0 Å². The zero-order valence-corrected chi connectivity index (χ0v) is 17.2. The number of thiazole rings is 1. The van der Waals surface area contributed by atoms with Gasteiger partial charge in [-0.05, 0) is 29.0 Å². The van der Waals surface area contributed by atoms with Crippen molar-refractivity contribution in [1.29, 1.82) is 0 Å². The molecule has 31 heavy (non-hydrogen) atoms. The Hall–Kier alpha value is -3.98. The van der Waals surface area contributed by atoms with Crippen molar-refractivity contribution in [2.75, 3.05) is 11.9 Å². The van der Waals surface area contributed by atoms with Gasteiger partial charge in [-0.25, -0.2) is 4.98 Å². The molecule has 3 amide bonds. The Morgan fingerprint density at radius 2 is 1.87 bits per heavy atom. The van der Waals surface area contributed by atoms with Crippen LogP contribution in [0.15, 0.2) is 60.1 Å².